The number of carbonyl (C=O) groups excluding carboxylic acids is 1. The smallest absolute Gasteiger partial charge is 0.244 e. The highest BCUT2D eigenvalue weighted by atomic mass is 35.5. The van der Waals surface area contributed by atoms with Gasteiger partial charge in [0.05, 0.1) is 29.1 Å². The van der Waals surface area contributed by atoms with Crippen molar-refractivity contribution in [1.82, 2.24) is 14.7 Å². The number of morpholine rings is 1. The molecular weight excluding hydrogens is 392 g/mol. The summed E-state index contributed by atoms with van der Waals surface area (Å²) in [5.41, 5.74) is 1.85. The van der Waals surface area contributed by atoms with Crippen molar-refractivity contribution in [2.24, 2.45) is 0 Å². The maximum Gasteiger partial charge on any atom is 0.244 e. The standard InChI is InChI=1S/C21H27ClN4O3/c1-4-7-28-20-6-5-17(8-19(20)22)9-23-18-10-24-26(13-18)14-21(27)25-11-15(2)29-16(3)12-25/h4-6,8,10,13,15-16,23H,1,7,9,11-12,14H2,2-3H3. The largest absolute Gasteiger partial charge is 0.488 e. The van der Waals surface area contributed by atoms with Gasteiger partial charge < -0.3 is 19.7 Å². The van der Waals surface area contributed by atoms with E-state index in [0.29, 0.717) is 37.0 Å². The first kappa shape index (κ1) is 21.2. The molecule has 2 aromatic rings. The number of carbonyl (C=O) groups is 1. The Hall–Kier alpha value is -2.51. The van der Waals surface area contributed by atoms with Crippen molar-refractivity contribution in [2.45, 2.75) is 39.1 Å². The molecule has 2 heterocycles. The van der Waals surface area contributed by atoms with Crippen LogP contribution in [0.5, 0.6) is 5.75 Å². The number of hydrogen-bond acceptors (Lipinski definition) is 5. The van der Waals surface area contributed by atoms with Crippen LogP contribution in [0.15, 0.2) is 43.2 Å². The second-order valence-electron chi connectivity index (χ2n) is 7.20. The van der Waals surface area contributed by atoms with Crippen molar-refractivity contribution >= 4 is 23.2 Å². The van der Waals surface area contributed by atoms with E-state index in [1.54, 1.807) is 17.0 Å². The summed E-state index contributed by atoms with van der Waals surface area (Å²) in [5.74, 6) is 0.678. The molecule has 2 unspecified atom stereocenters. The quantitative estimate of drug-likeness (QED) is 0.666. The average Bonchev–Trinajstić information content (AvgIpc) is 3.12. The first-order valence-corrected chi connectivity index (χ1v) is 10.0. The molecule has 1 aromatic carbocycles. The molecule has 1 saturated heterocycles. The molecule has 7 nitrogen and oxygen atoms in total. The monoisotopic (exact) mass is 418 g/mol. The Morgan fingerprint density at radius 1 is 1.41 bits per heavy atom. The molecule has 29 heavy (non-hydrogen) atoms. The molecule has 1 aliphatic heterocycles. The molecule has 1 N–H and O–H groups in total. The third-order valence-corrected chi connectivity index (χ3v) is 4.85. The molecule has 0 bridgehead atoms. The third-order valence-electron chi connectivity index (χ3n) is 4.55. The van der Waals surface area contributed by atoms with E-state index in [1.807, 2.05) is 43.1 Å². The van der Waals surface area contributed by atoms with E-state index in [4.69, 9.17) is 21.1 Å². The molecule has 8 heteroatoms. The lowest BCUT2D eigenvalue weighted by molar-refractivity contribution is -0.144. The van der Waals surface area contributed by atoms with Gasteiger partial charge in [0.1, 0.15) is 18.9 Å². The summed E-state index contributed by atoms with van der Waals surface area (Å²) >= 11 is 6.25. The number of aromatic nitrogens is 2. The molecule has 0 radical (unpaired) electrons. The van der Waals surface area contributed by atoms with Gasteiger partial charge in [0, 0.05) is 25.8 Å². The first-order chi connectivity index (χ1) is 13.9. The lowest BCUT2D eigenvalue weighted by Gasteiger charge is -2.35. The summed E-state index contributed by atoms with van der Waals surface area (Å²) in [6.45, 7) is 10.0. The van der Waals surface area contributed by atoms with E-state index in [2.05, 4.69) is 17.0 Å². The van der Waals surface area contributed by atoms with Gasteiger partial charge in [0.15, 0.2) is 0 Å². The van der Waals surface area contributed by atoms with Crippen molar-refractivity contribution in [3.63, 3.8) is 0 Å². The Labute approximate surface area is 176 Å². The van der Waals surface area contributed by atoms with Crippen LogP contribution in [0.1, 0.15) is 19.4 Å². The molecule has 0 spiro atoms. The summed E-state index contributed by atoms with van der Waals surface area (Å²) in [4.78, 5) is 14.4. The number of halogens is 1. The molecule has 156 valence electrons. The zero-order valence-corrected chi connectivity index (χ0v) is 17.6. The van der Waals surface area contributed by atoms with Gasteiger partial charge in [0.2, 0.25) is 5.91 Å². The van der Waals surface area contributed by atoms with Gasteiger partial charge in [-0.3, -0.25) is 9.48 Å². The number of benzene rings is 1. The van der Waals surface area contributed by atoms with Crippen LogP contribution in [-0.2, 0) is 22.6 Å². The maximum atomic E-state index is 12.5. The molecule has 3 rings (SSSR count). The van der Waals surface area contributed by atoms with E-state index < -0.39 is 0 Å². The number of nitrogens with zero attached hydrogens (tertiary/aromatic N) is 3. The second kappa shape index (κ2) is 9.80. The van der Waals surface area contributed by atoms with Crippen molar-refractivity contribution in [1.29, 1.82) is 0 Å². The Morgan fingerprint density at radius 2 is 2.17 bits per heavy atom. The summed E-state index contributed by atoms with van der Waals surface area (Å²) < 4.78 is 12.8. The lowest BCUT2D eigenvalue weighted by atomic mass is 10.2. The highest BCUT2D eigenvalue weighted by molar-refractivity contribution is 6.32. The van der Waals surface area contributed by atoms with Gasteiger partial charge in [-0.1, -0.05) is 30.3 Å². The Morgan fingerprint density at radius 3 is 2.86 bits per heavy atom. The van der Waals surface area contributed by atoms with Crippen LogP contribution in [0.4, 0.5) is 5.69 Å². The van der Waals surface area contributed by atoms with E-state index in [9.17, 15) is 4.79 Å². The van der Waals surface area contributed by atoms with Crippen LogP contribution in [0, 0.1) is 0 Å². The number of rotatable bonds is 8. The summed E-state index contributed by atoms with van der Waals surface area (Å²) in [6.07, 6.45) is 5.32. The number of amides is 1. The van der Waals surface area contributed by atoms with Crippen LogP contribution >= 0.6 is 11.6 Å². The molecule has 0 aliphatic carbocycles. The Kier molecular flexibility index (Phi) is 7.17. The Bertz CT molecular complexity index is 844. The highest BCUT2D eigenvalue weighted by Gasteiger charge is 2.25. The summed E-state index contributed by atoms with van der Waals surface area (Å²) in [7, 11) is 0. The molecule has 2 atom stereocenters. The fourth-order valence-electron chi connectivity index (χ4n) is 3.29. The average molecular weight is 419 g/mol. The van der Waals surface area contributed by atoms with E-state index in [0.717, 1.165) is 11.3 Å². The molecule has 0 saturated carbocycles. The van der Waals surface area contributed by atoms with Gasteiger partial charge in [-0.15, -0.1) is 0 Å². The SMILES string of the molecule is C=CCOc1ccc(CNc2cnn(CC(=O)N3CC(C)OC(C)C3)c2)cc1Cl. The van der Waals surface area contributed by atoms with Crippen LogP contribution in [0.25, 0.3) is 0 Å². The molecule has 1 fully saturated rings. The number of nitrogens with one attached hydrogen (secondary N) is 1. The van der Waals surface area contributed by atoms with Gasteiger partial charge in [-0.05, 0) is 31.5 Å². The fourth-order valence-corrected chi connectivity index (χ4v) is 3.54. The number of hydrogen-bond donors (Lipinski definition) is 1. The van der Waals surface area contributed by atoms with Gasteiger partial charge in [-0.2, -0.15) is 5.10 Å². The van der Waals surface area contributed by atoms with Crippen molar-refractivity contribution < 1.29 is 14.3 Å². The van der Waals surface area contributed by atoms with Gasteiger partial charge in [-0.25, -0.2) is 0 Å². The van der Waals surface area contributed by atoms with Crippen molar-refractivity contribution in [3.8, 4) is 5.75 Å². The third kappa shape index (κ3) is 5.98. The van der Waals surface area contributed by atoms with Crippen molar-refractivity contribution in [2.75, 3.05) is 25.0 Å². The topological polar surface area (TPSA) is 68.6 Å². The van der Waals surface area contributed by atoms with Gasteiger partial charge in [0.25, 0.3) is 0 Å². The molecule has 1 amide bonds. The minimum atomic E-state index is 0.0449. The number of ether oxygens (including phenoxy) is 2. The zero-order valence-electron chi connectivity index (χ0n) is 16.8. The lowest BCUT2D eigenvalue weighted by Crippen LogP contribution is -2.49. The molecular formula is C21H27ClN4O3. The molecule has 1 aromatic heterocycles. The second-order valence-corrected chi connectivity index (χ2v) is 7.61. The fraction of sp³-hybridized carbons (Fsp3) is 0.429. The van der Waals surface area contributed by atoms with E-state index >= 15 is 0 Å². The maximum absolute atomic E-state index is 12.5. The normalized spacial score (nSPS) is 19.1. The van der Waals surface area contributed by atoms with Crippen LogP contribution in [0.2, 0.25) is 5.02 Å². The summed E-state index contributed by atoms with van der Waals surface area (Å²) in [5, 5.41) is 8.14. The predicted molar refractivity (Wildman–Crippen MR) is 113 cm³/mol. The van der Waals surface area contributed by atoms with Gasteiger partial charge >= 0.3 is 0 Å². The van der Waals surface area contributed by atoms with Crippen molar-refractivity contribution in [3.05, 3.63) is 53.8 Å². The van der Waals surface area contributed by atoms with E-state index in [-0.39, 0.29) is 24.7 Å². The van der Waals surface area contributed by atoms with E-state index in [1.165, 1.54) is 0 Å². The van der Waals surface area contributed by atoms with Crippen LogP contribution < -0.4 is 10.1 Å². The molecule has 1 aliphatic rings. The minimum absolute atomic E-state index is 0.0449. The zero-order chi connectivity index (χ0) is 20.8. The van der Waals surface area contributed by atoms with Crippen LogP contribution in [-0.4, -0.2) is 52.5 Å². The first-order valence-electron chi connectivity index (χ1n) is 9.66. The Balaban J connectivity index is 1.52. The number of anilines is 1. The highest BCUT2D eigenvalue weighted by Crippen LogP contribution is 2.26. The minimum Gasteiger partial charge on any atom is -0.488 e. The summed E-state index contributed by atoms with van der Waals surface area (Å²) in [6, 6.07) is 5.66. The van der Waals surface area contributed by atoms with Crippen LogP contribution in [0.3, 0.4) is 0 Å². The predicted octanol–water partition coefficient (Wildman–Crippen LogP) is 3.35.